The molecule has 4 rings (SSSR count). The van der Waals surface area contributed by atoms with E-state index in [1.165, 1.54) is 5.57 Å². The molecule has 0 unspecified atom stereocenters. The maximum absolute atomic E-state index is 12.8. The first-order valence-corrected chi connectivity index (χ1v) is 12.4. The van der Waals surface area contributed by atoms with Gasteiger partial charge in [-0.15, -0.1) is 0 Å². The molecule has 0 heterocycles. The molecule has 0 aromatic rings. The molecule has 4 aliphatic carbocycles. The standard InChI is InChI=1S/C27H40O5/c1-16(2)6-9-24(30)32-23-15-22-21(8-7-18-14-19(29)10-12-25(18,22)4)27(31)13-11-20(17(3)28)26(23,27)5/h6-7,19-23,29,31H,8-15H2,1-5H3/t19-,20-,21+,22-,23+,25-,26-,27-/m0/s1. The number of ketones is 1. The smallest absolute Gasteiger partial charge is 0.309 e. The van der Waals surface area contributed by atoms with Crippen LogP contribution in [0.25, 0.3) is 0 Å². The largest absolute Gasteiger partial charge is 0.461 e. The number of carbonyl (C=O) groups excluding carboxylic acids is 2. The van der Waals surface area contributed by atoms with Gasteiger partial charge < -0.3 is 14.9 Å². The molecule has 5 nitrogen and oxygen atoms in total. The number of allylic oxidation sites excluding steroid dienone is 2. The lowest BCUT2D eigenvalue weighted by molar-refractivity contribution is -0.233. The van der Waals surface area contributed by atoms with Crippen molar-refractivity contribution in [1.82, 2.24) is 0 Å². The van der Waals surface area contributed by atoms with Crippen molar-refractivity contribution in [2.24, 2.45) is 28.6 Å². The average molecular weight is 445 g/mol. The Balaban J connectivity index is 1.74. The van der Waals surface area contributed by atoms with Crippen molar-refractivity contribution in [1.29, 1.82) is 0 Å². The average Bonchev–Trinajstić information content (AvgIpc) is 3.00. The molecule has 32 heavy (non-hydrogen) atoms. The maximum atomic E-state index is 12.8. The summed E-state index contributed by atoms with van der Waals surface area (Å²) in [6.45, 7) is 9.78. The third kappa shape index (κ3) is 3.42. The van der Waals surface area contributed by atoms with Gasteiger partial charge in [0.1, 0.15) is 11.9 Å². The van der Waals surface area contributed by atoms with Crippen LogP contribution in [-0.2, 0) is 14.3 Å². The number of rotatable bonds is 4. The van der Waals surface area contributed by atoms with E-state index in [4.69, 9.17) is 4.74 Å². The number of fused-ring (bicyclic) bond motifs is 5. The zero-order valence-electron chi connectivity index (χ0n) is 20.3. The van der Waals surface area contributed by atoms with Crippen LogP contribution in [0.15, 0.2) is 23.3 Å². The summed E-state index contributed by atoms with van der Waals surface area (Å²) < 4.78 is 6.13. The Labute approximate surface area is 192 Å². The van der Waals surface area contributed by atoms with Crippen LogP contribution in [0.4, 0.5) is 0 Å². The van der Waals surface area contributed by atoms with Crippen molar-refractivity contribution in [3.8, 4) is 0 Å². The van der Waals surface area contributed by atoms with E-state index >= 15 is 0 Å². The van der Waals surface area contributed by atoms with E-state index < -0.39 is 17.1 Å². The topological polar surface area (TPSA) is 83.8 Å². The number of ether oxygens (including phenoxy) is 1. The van der Waals surface area contributed by atoms with Gasteiger partial charge in [0.15, 0.2) is 0 Å². The van der Waals surface area contributed by atoms with Crippen LogP contribution >= 0.6 is 0 Å². The molecule has 3 fully saturated rings. The number of hydrogen-bond acceptors (Lipinski definition) is 5. The number of aliphatic hydroxyl groups excluding tert-OH is 1. The van der Waals surface area contributed by atoms with Crippen LogP contribution < -0.4 is 0 Å². The third-order valence-electron chi connectivity index (χ3n) is 9.77. The normalized spacial score (nSPS) is 45.1. The lowest BCUT2D eigenvalue weighted by Crippen LogP contribution is -2.66. The number of esters is 1. The summed E-state index contributed by atoms with van der Waals surface area (Å²) in [6, 6.07) is 0. The Hall–Kier alpha value is -1.46. The van der Waals surface area contributed by atoms with Gasteiger partial charge in [0.05, 0.1) is 18.1 Å². The molecule has 5 heteroatoms. The number of hydrogen-bond donors (Lipinski definition) is 2. The van der Waals surface area contributed by atoms with Gasteiger partial charge in [-0.05, 0) is 83.0 Å². The highest BCUT2D eigenvalue weighted by molar-refractivity contribution is 5.80. The molecule has 4 aliphatic rings. The van der Waals surface area contributed by atoms with Gasteiger partial charge in [0, 0.05) is 11.3 Å². The Kier molecular flexibility index (Phi) is 5.99. The van der Waals surface area contributed by atoms with Crippen molar-refractivity contribution in [2.45, 2.75) is 104 Å². The van der Waals surface area contributed by atoms with Gasteiger partial charge in [0.25, 0.3) is 0 Å². The molecular weight excluding hydrogens is 404 g/mol. The van der Waals surface area contributed by atoms with Gasteiger partial charge in [0.2, 0.25) is 0 Å². The van der Waals surface area contributed by atoms with E-state index in [-0.39, 0.29) is 47.4 Å². The van der Waals surface area contributed by atoms with Gasteiger partial charge in [-0.1, -0.05) is 37.1 Å². The molecule has 0 aromatic heterocycles. The van der Waals surface area contributed by atoms with Crippen LogP contribution in [0.3, 0.4) is 0 Å². The lowest BCUT2D eigenvalue weighted by Gasteiger charge is -2.62. The minimum Gasteiger partial charge on any atom is -0.461 e. The predicted molar refractivity (Wildman–Crippen MR) is 123 cm³/mol. The van der Waals surface area contributed by atoms with Crippen molar-refractivity contribution in [2.75, 3.05) is 0 Å². The lowest BCUT2D eigenvalue weighted by atomic mass is 9.45. The first-order chi connectivity index (χ1) is 14.9. The Morgan fingerprint density at radius 3 is 2.53 bits per heavy atom. The summed E-state index contributed by atoms with van der Waals surface area (Å²) in [5.74, 6) is -0.316. The molecule has 0 amide bonds. The van der Waals surface area contributed by atoms with Crippen LogP contribution in [0.2, 0.25) is 0 Å². The van der Waals surface area contributed by atoms with E-state index in [9.17, 15) is 19.8 Å². The molecule has 0 saturated heterocycles. The predicted octanol–water partition coefficient (Wildman–Crippen LogP) is 4.51. The van der Waals surface area contributed by atoms with Gasteiger partial charge in [-0.3, -0.25) is 9.59 Å². The molecule has 0 aromatic carbocycles. The first kappa shape index (κ1) is 23.7. The number of carbonyl (C=O) groups is 2. The quantitative estimate of drug-likeness (QED) is 0.492. The summed E-state index contributed by atoms with van der Waals surface area (Å²) in [5, 5.41) is 22.6. The number of Topliss-reactive ketones (excluding diaryl/α,β-unsaturated/α-hetero) is 1. The maximum Gasteiger partial charge on any atom is 0.309 e. The SMILES string of the molecule is CC(=O)[C@@H]1CC[C@]2(O)[C@@H]3CC=C4C[C@@H](O)CC[C@]4(C)[C@H]3C[C@@H](OC(=O)CC=C(C)C)[C@]12C. The second kappa shape index (κ2) is 8.09. The highest BCUT2D eigenvalue weighted by Gasteiger charge is 2.71. The fraction of sp³-hybridized carbons (Fsp3) is 0.778. The van der Waals surface area contributed by atoms with Crippen LogP contribution in [-0.4, -0.2) is 39.8 Å². The third-order valence-corrected chi connectivity index (χ3v) is 9.77. The molecule has 0 bridgehead atoms. The summed E-state index contributed by atoms with van der Waals surface area (Å²) in [6.07, 6.45) is 8.50. The second-order valence-corrected chi connectivity index (χ2v) is 11.6. The molecule has 0 spiro atoms. The zero-order chi connectivity index (χ0) is 23.5. The molecule has 3 saturated carbocycles. The zero-order valence-corrected chi connectivity index (χ0v) is 20.3. The molecule has 8 atom stereocenters. The van der Waals surface area contributed by atoms with Crippen molar-refractivity contribution in [3.05, 3.63) is 23.3 Å². The molecule has 178 valence electrons. The minimum absolute atomic E-state index is 0.0357. The monoisotopic (exact) mass is 444 g/mol. The minimum atomic E-state index is -1.05. The van der Waals surface area contributed by atoms with Gasteiger partial charge in [-0.2, -0.15) is 0 Å². The van der Waals surface area contributed by atoms with E-state index in [1.54, 1.807) is 6.92 Å². The van der Waals surface area contributed by atoms with Crippen LogP contribution in [0.5, 0.6) is 0 Å². The molecule has 0 aliphatic heterocycles. The fourth-order valence-electron chi connectivity index (χ4n) is 7.87. The van der Waals surface area contributed by atoms with Gasteiger partial charge in [-0.25, -0.2) is 0 Å². The number of aliphatic hydroxyl groups is 2. The van der Waals surface area contributed by atoms with E-state index in [0.717, 1.165) is 24.8 Å². The van der Waals surface area contributed by atoms with E-state index in [0.29, 0.717) is 25.7 Å². The summed E-state index contributed by atoms with van der Waals surface area (Å²) in [5.41, 5.74) is 0.412. The molecule has 2 N–H and O–H groups in total. The van der Waals surface area contributed by atoms with Crippen LogP contribution in [0, 0.1) is 28.6 Å². The molecular formula is C27H40O5. The Morgan fingerprint density at radius 2 is 1.88 bits per heavy atom. The van der Waals surface area contributed by atoms with Crippen molar-refractivity contribution in [3.63, 3.8) is 0 Å². The molecule has 0 radical (unpaired) electrons. The second-order valence-electron chi connectivity index (χ2n) is 11.6. The van der Waals surface area contributed by atoms with Gasteiger partial charge >= 0.3 is 5.97 Å². The van der Waals surface area contributed by atoms with E-state index in [1.807, 2.05) is 26.8 Å². The fourth-order valence-corrected chi connectivity index (χ4v) is 7.87. The summed E-state index contributed by atoms with van der Waals surface area (Å²) in [7, 11) is 0. The van der Waals surface area contributed by atoms with Crippen molar-refractivity contribution >= 4 is 11.8 Å². The highest BCUT2D eigenvalue weighted by Crippen LogP contribution is 2.68. The first-order valence-electron chi connectivity index (χ1n) is 12.4. The van der Waals surface area contributed by atoms with Crippen LogP contribution in [0.1, 0.15) is 86.0 Å². The Morgan fingerprint density at radius 1 is 1.16 bits per heavy atom. The summed E-state index contributed by atoms with van der Waals surface area (Å²) >= 11 is 0. The summed E-state index contributed by atoms with van der Waals surface area (Å²) in [4.78, 5) is 25.5. The highest BCUT2D eigenvalue weighted by atomic mass is 16.5. The Bertz CT molecular complexity index is 854. The van der Waals surface area contributed by atoms with E-state index in [2.05, 4.69) is 13.0 Å². The van der Waals surface area contributed by atoms with Crippen molar-refractivity contribution < 1.29 is 24.5 Å².